The standard InChI is InChI=1S/C24H20ClFN4O2S/c1-16(32-21-13-9-18(26)10-14-21)23-28-29-24(30(23)20-5-3-2-4-6-20)33-15-22(31)27-19-11-7-17(25)8-12-19/h2-14,16H,15H2,1H3,(H,27,31). The number of carbonyl (C=O) groups is 1. The number of ether oxygens (including phenoxy) is 1. The quantitative estimate of drug-likeness (QED) is 0.315. The molecule has 0 saturated heterocycles. The summed E-state index contributed by atoms with van der Waals surface area (Å²) in [6, 6.07) is 22.3. The number of anilines is 1. The first-order chi connectivity index (χ1) is 16.0. The van der Waals surface area contributed by atoms with Crippen molar-refractivity contribution in [2.24, 2.45) is 0 Å². The van der Waals surface area contributed by atoms with Crippen molar-refractivity contribution in [3.8, 4) is 11.4 Å². The predicted molar refractivity (Wildman–Crippen MR) is 128 cm³/mol. The molecule has 0 fully saturated rings. The molecule has 1 amide bonds. The normalized spacial score (nSPS) is 11.7. The molecule has 0 radical (unpaired) electrons. The molecule has 0 saturated carbocycles. The van der Waals surface area contributed by atoms with Crippen LogP contribution in [-0.4, -0.2) is 26.4 Å². The molecule has 3 aromatic carbocycles. The van der Waals surface area contributed by atoms with Crippen LogP contribution in [-0.2, 0) is 4.79 Å². The molecule has 33 heavy (non-hydrogen) atoms. The highest BCUT2D eigenvalue weighted by Crippen LogP contribution is 2.28. The van der Waals surface area contributed by atoms with Gasteiger partial charge in [-0.2, -0.15) is 0 Å². The van der Waals surface area contributed by atoms with Crippen molar-refractivity contribution in [1.82, 2.24) is 14.8 Å². The monoisotopic (exact) mass is 482 g/mol. The Morgan fingerprint density at radius 3 is 2.45 bits per heavy atom. The molecule has 1 heterocycles. The van der Waals surface area contributed by atoms with Crippen molar-refractivity contribution in [2.75, 3.05) is 11.1 Å². The summed E-state index contributed by atoms with van der Waals surface area (Å²) in [6.07, 6.45) is -0.472. The maximum atomic E-state index is 13.2. The number of carbonyl (C=O) groups excluding carboxylic acids is 1. The number of para-hydroxylation sites is 1. The highest BCUT2D eigenvalue weighted by atomic mass is 35.5. The van der Waals surface area contributed by atoms with Gasteiger partial charge in [-0.15, -0.1) is 10.2 Å². The van der Waals surface area contributed by atoms with Gasteiger partial charge in [-0.1, -0.05) is 41.6 Å². The van der Waals surface area contributed by atoms with Gasteiger partial charge in [0.1, 0.15) is 11.6 Å². The zero-order valence-electron chi connectivity index (χ0n) is 17.6. The molecule has 1 unspecified atom stereocenters. The molecular weight excluding hydrogens is 463 g/mol. The first-order valence-electron chi connectivity index (χ1n) is 10.1. The van der Waals surface area contributed by atoms with Gasteiger partial charge < -0.3 is 10.1 Å². The van der Waals surface area contributed by atoms with Gasteiger partial charge in [0.25, 0.3) is 0 Å². The summed E-state index contributed by atoms with van der Waals surface area (Å²) in [5.41, 5.74) is 1.50. The molecule has 0 aliphatic rings. The predicted octanol–water partition coefficient (Wildman–Crippen LogP) is 5.93. The number of nitrogens with one attached hydrogen (secondary N) is 1. The lowest BCUT2D eigenvalue weighted by molar-refractivity contribution is -0.113. The van der Waals surface area contributed by atoms with E-state index in [0.717, 1.165) is 5.69 Å². The topological polar surface area (TPSA) is 69.0 Å². The van der Waals surface area contributed by atoms with E-state index in [2.05, 4.69) is 15.5 Å². The summed E-state index contributed by atoms with van der Waals surface area (Å²) < 4.78 is 21.0. The first-order valence-corrected chi connectivity index (χ1v) is 11.5. The van der Waals surface area contributed by atoms with Crippen LogP contribution in [0.25, 0.3) is 5.69 Å². The molecule has 168 valence electrons. The van der Waals surface area contributed by atoms with E-state index in [1.807, 2.05) is 41.8 Å². The Hall–Kier alpha value is -3.36. The maximum Gasteiger partial charge on any atom is 0.234 e. The number of hydrogen-bond acceptors (Lipinski definition) is 5. The van der Waals surface area contributed by atoms with Crippen LogP contribution in [0.15, 0.2) is 84.0 Å². The minimum Gasteiger partial charge on any atom is -0.483 e. The molecule has 0 aliphatic heterocycles. The summed E-state index contributed by atoms with van der Waals surface area (Å²) in [5, 5.41) is 12.6. The van der Waals surface area contributed by atoms with Gasteiger partial charge in [-0.3, -0.25) is 9.36 Å². The van der Waals surface area contributed by atoms with E-state index in [9.17, 15) is 9.18 Å². The van der Waals surface area contributed by atoms with Crippen LogP contribution < -0.4 is 10.1 Å². The van der Waals surface area contributed by atoms with Gasteiger partial charge in [0.2, 0.25) is 5.91 Å². The first kappa shape index (κ1) is 22.8. The van der Waals surface area contributed by atoms with Gasteiger partial charge in [0.05, 0.1) is 5.75 Å². The third-order valence-electron chi connectivity index (χ3n) is 4.62. The molecule has 1 N–H and O–H groups in total. The lowest BCUT2D eigenvalue weighted by Gasteiger charge is -2.16. The zero-order valence-corrected chi connectivity index (χ0v) is 19.2. The molecule has 0 aliphatic carbocycles. The second-order valence-corrected chi connectivity index (χ2v) is 8.45. The molecule has 4 rings (SSSR count). The summed E-state index contributed by atoms with van der Waals surface area (Å²) in [7, 11) is 0. The van der Waals surface area contributed by atoms with E-state index in [-0.39, 0.29) is 17.5 Å². The van der Waals surface area contributed by atoms with Crippen LogP contribution >= 0.6 is 23.4 Å². The van der Waals surface area contributed by atoms with Crippen molar-refractivity contribution in [1.29, 1.82) is 0 Å². The second kappa shape index (κ2) is 10.5. The van der Waals surface area contributed by atoms with Crippen molar-refractivity contribution in [3.63, 3.8) is 0 Å². The Kier molecular flexibility index (Phi) is 7.26. The Bertz CT molecular complexity index is 1220. The van der Waals surface area contributed by atoms with Gasteiger partial charge in [-0.05, 0) is 67.6 Å². The largest absolute Gasteiger partial charge is 0.483 e. The Labute approximate surface area is 199 Å². The lowest BCUT2D eigenvalue weighted by atomic mass is 10.3. The maximum absolute atomic E-state index is 13.2. The molecule has 0 spiro atoms. The van der Waals surface area contributed by atoms with Gasteiger partial charge in [0, 0.05) is 16.4 Å². The number of thioether (sulfide) groups is 1. The van der Waals surface area contributed by atoms with Crippen LogP contribution in [0.1, 0.15) is 18.9 Å². The molecule has 1 atom stereocenters. The SMILES string of the molecule is CC(Oc1ccc(F)cc1)c1nnc(SCC(=O)Nc2ccc(Cl)cc2)n1-c1ccccc1. The van der Waals surface area contributed by atoms with E-state index in [1.54, 1.807) is 36.4 Å². The number of hydrogen-bond donors (Lipinski definition) is 1. The Morgan fingerprint density at radius 1 is 1.06 bits per heavy atom. The lowest BCUT2D eigenvalue weighted by Crippen LogP contribution is -2.15. The van der Waals surface area contributed by atoms with Crippen LogP contribution in [0.3, 0.4) is 0 Å². The smallest absolute Gasteiger partial charge is 0.234 e. The third-order valence-corrected chi connectivity index (χ3v) is 5.80. The molecule has 1 aromatic heterocycles. The number of amides is 1. The fourth-order valence-electron chi connectivity index (χ4n) is 3.09. The molecule has 4 aromatic rings. The minimum absolute atomic E-state index is 0.140. The fraction of sp³-hybridized carbons (Fsp3) is 0.125. The van der Waals surface area contributed by atoms with E-state index < -0.39 is 6.10 Å². The summed E-state index contributed by atoms with van der Waals surface area (Å²) >= 11 is 7.15. The number of benzene rings is 3. The zero-order chi connectivity index (χ0) is 23.2. The number of nitrogens with zero attached hydrogens (tertiary/aromatic N) is 3. The molecule has 0 bridgehead atoms. The van der Waals surface area contributed by atoms with Gasteiger partial charge in [-0.25, -0.2) is 4.39 Å². The van der Waals surface area contributed by atoms with Crippen LogP contribution in [0.5, 0.6) is 5.75 Å². The van der Waals surface area contributed by atoms with E-state index in [0.29, 0.717) is 27.4 Å². The molecule has 6 nitrogen and oxygen atoms in total. The van der Waals surface area contributed by atoms with E-state index >= 15 is 0 Å². The summed E-state index contributed by atoms with van der Waals surface area (Å²) in [4.78, 5) is 12.5. The van der Waals surface area contributed by atoms with Crippen molar-refractivity contribution < 1.29 is 13.9 Å². The van der Waals surface area contributed by atoms with Crippen molar-refractivity contribution >= 4 is 35.0 Å². The van der Waals surface area contributed by atoms with Crippen LogP contribution in [0.4, 0.5) is 10.1 Å². The molecule has 9 heteroatoms. The highest BCUT2D eigenvalue weighted by molar-refractivity contribution is 7.99. The van der Waals surface area contributed by atoms with Crippen molar-refractivity contribution in [3.05, 3.63) is 95.5 Å². The fourth-order valence-corrected chi connectivity index (χ4v) is 3.97. The third kappa shape index (κ3) is 5.91. The average Bonchev–Trinajstić information content (AvgIpc) is 3.25. The van der Waals surface area contributed by atoms with Crippen molar-refractivity contribution in [2.45, 2.75) is 18.2 Å². The van der Waals surface area contributed by atoms with E-state index in [1.165, 1.54) is 23.9 Å². The number of rotatable bonds is 8. The minimum atomic E-state index is -0.472. The van der Waals surface area contributed by atoms with Crippen LogP contribution in [0.2, 0.25) is 5.02 Å². The van der Waals surface area contributed by atoms with Crippen LogP contribution in [0, 0.1) is 5.82 Å². The molecular formula is C24H20ClFN4O2S. The summed E-state index contributed by atoms with van der Waals surface area (Å²) in [5.74, 6) is 0.704. The number of halogens is 2. The van der Waals surface area contributed by atoms with Gasteiger partial charge >= 0.3 is 0 Å². The highest BCUT2D eigenvalue weighted by Gasteiger charge is 2.21. The Balaban J connectivity index is 1.52. The average molecular weight is 483 g/mol. The second-order valence-electron chi connectivity index (χ2n) is 7.07. The Morgan fingerprint density at radius 2 is 1.76 bits per heavy atom. The van der Waals surface area contributed by atoms with Gasteiger partial charge in [0.15, 0.2) is 17.1 Å². The number of aromatic nitrogens is 3. The summed E-state index contributed by atoms with van der Waals surface area (Å²) in [6.45, 7) is 1.84. The van der Waals surface area contributed by atoms with E-state index in [4.69, 9.17) is 16.3 Å².